The third-order valence-electron chi connectivity index (χ3n) is 3.84. The molecule has 0 aromatic heterocycles. The van der Waals surface area contributed by atoms with Gasteiger partial charge in [0.15, 0.2) is 5.78 Å². The van der Waals surface area contributed by atoms with Crippen LogP contribution in [0.15, 0.2) is 30.3 Å². The molecule has 0 bridgehead atoms. The fourth-order valence-corrected chi connectivity index (χ4v) is 2.40. The van der Waals surface area contributed by atoms with Crippen LogP contribution in [0.4, 0.5) is 4.79 Å². The van der Waals surface area contributed by atoms with Crippen molar-refractivity contribution < 1.29 is 14.3 Å². The first kappa shape index (κ1) is 20.1. The van der Waals surface area contributed by atoms with Crippen molar-refractivity contribution >= 4 is 11.9 Å². The van der Waals surface area contributed by atoms with Gasteiger partial charge in [-0.3, -0.25) is 10.1 Å². The molecule has 4 N–H and O–H groups in total. The number of unbranched alkanes of at least 4 members (excludes halogenated alkanes) is 1. The standard InChI is InChI=1S/C18H29N3O3/c1-13(2)15(21-18(23)24-3)16(22)17(19)20-12-8-7-11-14-9-5-4-6-10-14/h4-6,9-10,13,15,17,20H,7-8,11-12,19H2,1-3H3,(H,21,23)/t15-,17?/m0/s1. The van der Waals surface area contributed by atoms with Crippen molar-refractivity contribution in [3.05, 3.63) is 35.9 Å². The normalized spacial score (nSPS) is 13.4. The fraction of sp³-hybridized carbons (Fsp3) is 0.556. The highest BCUT2D eigenvalue weighted by Crippen LogP contribution is 2.06. The molecular weight excluding hydrogens is 306 g/mol. The second-order valence-electron chi connectivity index (χ2n) is 6.13. The minimum Gasteiger partial charge on any atom is -0.453 e. The van der Waals surface area contributed by atoms with Crippen molar-refractivity contribution in [3.63, 3.8) is 0 Å². The molecule has 1 aromatic carbocycles. The summed E-state index contributed by atoms with van der Waals surface area (Å²) in [7, 11) is 1.27. The molecule has 24 heavy (non-hydrogen) atoms. The van der Waals surface area contributed by atoms with Gasteiger partial charge in [-0.15, -0.1) is 0 Å². The van der Waals surface area contributed by atoms with Gasteiger partial charge in [0.1, 0.15) is 6.17 Å². The molecule has 0 aliphatic rings. The predicted octanol–water partition coefficient (Wildman–Crippen LogP) is 1.83. The van der Waals surface area contributed by atoms with Crippen molar-refractivity contribution in [1.82, 2.24) is 10.6 Å². The number of amides is 1. The van der Waals surface area contributed by atoms with Crippen molar-refractivity contribution in [2.24, 2.45) is 11.7 Å². The number of ether oxygens (including phenoxy) is 1. The van der Waals surface area contributed by atoms with Gasteiger partial charge < -0.3 is 15.8 Å². The van der Waals surface area contributed by atoms with Crippen LogP contribution < -0.4 is 16.4 Å². The highest BCUT2D eigenvalue weighted by Gasteiger charge is 2.28. The molecule has 0 spiro atoms. The zero-order valence-electron chi connectivity index (χ0n) is 14.7. The van der Waals surface area contributed by atoms with Crippen LogP contribution in [-0.2, 0) is 16.0 Å². The average molecular weight is 335 g/mol. The molecule has 0 heterocycles. The Kier molecular flexibility index (Phi) is 9.04. The molecule has 6 heteroatoms. The summed E-state index contributed by atoms with van der Waals surface area (Å²) in [5.41, 5.74) is 7.22. The van der Waals surface area contributed by atoms with Gasteiger partial charge in [0.05, 0.1) is 13.2 Å². The van der Waals surface area contributed by atoms with Gasteiger partial charge in [-0.05, 0) is 37.3 Å². The molecule has 1 aromatic rings. The maximum absolute atomic E-state index is 12.4. The van der Waals surface area contributed by atoms with E-state index < -0.39 is 18.3 Å². The number of Topliss-reactive ketones (excluding diaryl/α,β-unsaturated/α-hetero) is 1. The highest BCUT2D eigenvalue weighted by atomic mass is 16.5. The number of hydrogen-bond donors (Lipinski definition) is 3. The first-order valence-corrected chi connectivity index (χ1v) is 8.36. The number of benzene rings is 1. The molecule has 1 amide bonds. The summed E-state index contributed by atoms with van der Waals surface area (Å²) in [5.74, 6) is -0.305. The van der Waals surface area contributed by atoms with E-state index in [1.54, 1.807) is 0 Å². The lowest BCUT2D eigenvalue weighted by Gasteiger charge is -2.24. The van der Waals surface area contributed by atoms with E-state index in [9.17, 15) is 9.59 Å². The monoisotopic (exact) mass is 335 g/mol. The molecular formula is C18H29N3O3. The van der Waals surface area contributed by atoms with Crippen molar-refractivity contribution in [2.45, 2.75) is 45.3 Å². The maximum Gasteiger partial charge on any atom is 0.407 e. The number of aryl methyl sites for hydroxylation is 1. The lowest BCUT2D eigenvalue weighted by Crippen LogP contribution is -2.55. The summed E-state index contributed by atoms with van der Waals surface area (Å²) in [6.45, 7) is 4.36. The number of methoxy groups -OCH3 is 1. The van der Waals surface area contributed by atoms with Gasteiger partial charge in [0.2, 0.25) is 0 Å². The molecule has 0 aliphatic heterocycles. The summed E-state index contributed by atoms with van der Waals surface area (Å²) < 4.78 is 4.55. The molecule has 1 unspecified atom stereocenters. The summed E-state index contributed by atoms with van der Waals surface area (Å²) in [6, 6.07) is 9.61. The van der Waals surface area contributed by atoms with E-state index in [-0.39, 0.29) is 11.7 Å². The first-order valence-electron chi connectivity index (χ1n) is 8.36. The molecule has 134 valence electrons. The maximum atomic E-state index is 12.4. The topological polar surface area (TPSA) is 93.5 Å². The fourth-order valence-electron chi connectivity index (χ4n) is 2.40. The molecule has 0 saturated carbocycles. The zero-order chi connectivity index (χ0) is 17.9. The Hall–Kier alpha value is -1.92. The Labute approximate surface area is 144 Å². The number of hydrogen-bond acceptors (Lipinski definition) is 5. The number of nitrogens with two attached hydrogens (primary N) is 1. The van der Waals surface area contributed by atoms with Gasteiger partial charge in [0, 0.05) is 0 Å². The molecule has 0 radical (unpaired) electrons. The van der Waals surface area contributed by atoms with E-state index >= 15 is 0 Å². The van der Waals surface area contributed by atoms with Crippen LogP contribution >= 0.6 is 0 Å². The number of nitrogens with one attached hydrogen (secondary N) is 2. The summed E-state index contributed by atoms with van der Waals surface area (Å²) >= 11 is 0. The van der Waals surface area contributed by atoms with E-state index in [4.69, 9.17) is 5.73 Å². The van der Waals surface area contributed by atoms with Crippen LogP contribution in [0.3, 0.4) is 0 Å². The Balaban J connectivity index is 2.32. The highest BCUT2D eigenvalue weighted by molar-refractivity contribution is 5.91. The molecule has 1 rings (SSSR count). The summed E-state index contributed by atoms with van der Waals surface area (Å²) in [5, 5.41) is 5.57. The Morgan fingerprint density at radius 1 is 1.17 bits per heavy atom. The Bertz CT molecular complexity index is 505. The molecule has 0 saturated heterocycles. The van der Waals surface area contributed by atoms with E-state index in [2.05, 4.69) is 27.5 Å². The van der Waals surface area contributed by atoms with Crippen LogP contribution in [-0.4, -0.2) is 37.7 Å². The predicted molar refractivity (Wildman–Crippen MR) is 94.5 cm³/mol. The largest absolute Gasteiger partial charge is 0.453 e. The lowest BCUT2D eigenvalue weighted by molar-refractivity contribution is -0.123. The van der Waals surface area contributed by atoms with Gasteiger partial charge >= 0.3 is 6.09 Å². The van der Waals surface area contributed by atoms with Crippen LogP contribution in [0.5, 0.6) is 0 Å². The second-order valence-corrected chi connectivity index (χ2v) is 6.13. The number of carbonyl (C=O) groups excluding carboxylic acids is 2. The van der Waals surface area contributed by atoms with Gasteiger partial charge in [-0.2, -0.15) is 0 Å². The summed E-state index contributed by atoms with van der Waals surface area (Å²) in [4.78, 5) is 23.7. The quantitative estimate of drug-likeness (QED) is 0.448. The SMILES string of the molecule is COC(=O)N[C@H](C(=O)C(N)NCCCCc1ccccc1)C(C)C. The average Bonchev–Trinajstić information content (AvgIpc) is 2.58. The van der Waals surface area contributed by atoms with Crippen molar-refractivity contribution in [2.75, 3.05) is 13.7 Å². The molecule has 2 atom stereocenters. The van der Waals surface area contributed by atoms with E-state index in [1.165, 1.54) is 12.7 Å². The molecule has 0 aliphatic carbocycles. The lowest BCUT2D eigenvalue weighted by atomic mass is 9.98. The minimum absolute atomic E-state index is 0.0671. The van der Waals surface area contributed by atoms with Gasteiger partial charge in [-0.25, -0.2) is 4.79 Å². The van der Waals surface area contributed by atoms with E-state index in [0.29, 0.717) is 6.54 Å². The summed E-state index contributed by atoms with van der Waals surface area (Å²) in [6.07, 6.45) is 1.52. The molecule has 6 nitrogen and oxygen atoms in total. The van der Waals surface area contributed by atoms with Crippen LogP contribution in [0.1, 0.15) is 32.3 Å². The smallest absolute Gasteiger partial charge is 0.407 e. The second kappa shape index (κ2) is 10.8. The van der Waals surface area contributed by atoms with Gasteiger partial charge in [0.25, 0.3) is 0 Å². The third kappa shape index (κ3) is 7.10. The van der Waals surface area contributed by atoms with E-state index in [0.717, 1.165) is 19.3 Å². The van der Waals surface area contributed by atoms with Crippen molar-refractivity contribution in [3.8, 4) is 0 Å². The Morgan fingerprint density at radius 2 is 1.83 bits per heavy atom. The van der Waals surface area contributed by atoms with Crippen LogP contribution in [0.25, 0.3) is 0 Å². The van der Waals surface area contributed by atoms with Gasteiger partial charge in [-0.1, -0.05) is 44.2 Å². The van der Waals surface area contributed by atoms with Crippen LogP contribution in [0.2, 0.25) is 0 Å². The number of alkyl carbamates (subject to hydrolysis) is 1. The Morgan fingerprint density at radius 3 is 2.42 bits per heavy atom. The minimum atomic E-state index is -0.800. The first-order chi connectivity index (χ1) is 11.5. The number of rotatable bonds is 10. The third-order valence-corrected chi connectivity index (χ3v) is 3.84. The number of carbonyl (C=O) groups is 2. The van der Waals surface area contributed by atoms with Crippen LogP contribution in [0, 0.1) is 5.92 Å². The zero-order valence-corrected chi connectivity index (χ0v) is 14.7. The van der Waals surface area contributed by atoms with Crippen molar-refractivity contribution in [1.29, 1.82) is 0 Å². The molecule has 0 fully saturated rings. The van der Waals surface area contributed by atoms with E-state index in [1.807, 2.05) is 32.0 Å². The number of ketones is 1.